The number of rotatable bonds is 4. The first-order valence-corrected chi connectivity index (χ1v) is 9.88. The minimum atomic E-state index is -0.0602. The third-order valence-electron chi connectivity index (χ3n) is 5.46. The molecule has 2 aliphatic rings. The molecule has 4 heterocycles. The van der Waals surface area contributed by atoms with Crippen molar-refractivity contribution in [1.29, 1.82) is 0 Å². The Morgan fingerprint density at radius 2 is 2.11 bits per heavy atom. The molecule has 0 bridgehead atoms. The maximum absolute atomic E-state index is 11.6. The van der Waals surface area contributed by atoms with E-state index in [1.807, 2.05) is 24.4 Å². The molecular weight excluding hydrogens is 354 g/mol. The molecule has 7 nitrogen and oxygen atoms in total. The highest BCUT2D eigenvalue weighted by Gasteiger charge is 2.29. The van der Waals surface area contributed by atoms with Crippen molar-refractivity contribution < 1.29 is 9.53 Å². The van der Waals surface area contributed by atoms with Crippen LogP contribution in [0.1, 0.15) is 45.4 Å². The molecule has 2 atom stereocenters. The standard InChI is InChI=1S/C21H29N5O2/c1-13-6-18-19(28-14(2)15-8-20(27)22-9-15)7-16(11-25(18)24-13)17-10-23-26(12-17)21(3,4)5/h6-7,11-12,14-15,23H,8-10H2,1-5H3,(H,22,27)/t14-,15-/m1/s1. The van der Waals surface area contributed by atoms with E-state index in [0.29, 0.717) is 13.0 Å². The minimum absolute atomic E-state index is 0.00396. The lowest BCUT2D eigenvalue weighted by molar-refractivity contribution is -0.119. The Kier molecular flexibility index (Phi) is 4.57. The Labute approximate surface area is 165 Å². The van der Waals surface area contributed by atoms with Crippen LogP contribution in [0.4, 0.5) is 0 Å². The van der Waals surface area contributed by atoms with Crippen LogP contribution in [0.25, 0.3) is 11.1 Å². The van der Waals surface area contributed by atoms with E-state index in [0.717, 1.165) is 29.1 Å². The average Bonchev–Trinajstić information content (AvgIpc) is 3.32. The molecule has 1 saturated heterocycles. The lowest BCUT2D eigenvalue weighted by Gasteiger charge is -2.31. The summed E-state index contributed by atoms with van der Waals surface area (Å²) in [5.41, 5.74) is 7.61. The van der Waals surface area contributed by atoms with Gasteiger partial charge in [0.25, 0.3) is 0 Å². The quantitative estimate of drug-likeness (QED) is 0.849. The maximum Gasteiger partial charge on any atom is 0.220 e. The van der Waals surface area contributed by atoms with Gasteiger partial charge in [-0.1, -0.05) is 0 Å². The van der Waals surface area contributed by atoms with Crippen LogP contribution >= 0.6 is 0 Å². The molecule has 4 rings (SSSR count). The SMILES string of the molecule is Cc1cc2c(O[C@H](C)[C@H]3CNC(=O)C3)cc(C3=CN(C(C)(C)C)NC3)cn2n1. The van der Waals surface area contributed by atoms with Crippen LogP contribution in [0.3, 0.4) is 0 Å². The van der Waals surface area contributed by atoms with E-state index in [4.69, 9.17) is 4.74 Å². The predicted molar refractivity (Wildman–Crippen MR) is 109 cm³/mol. The fourth-order valence-corrected chi connectivity index (χ4v) is 3.73. The number of aromatic nitrogens is 2. The highest BCUT2D eigenvalue weighted by atomic mass is 16.5. The lowest BCUT2D eigenvalue weighted by Crippen LogP contribution is -2.43. The van der Waals surface area contributed by atoms with Gasteiger partial charge in [0, 0.05) is 48.9 Å². The van der Waals surface area contributed by atoms with Gasteiger partial charge in [-0.25, -0.2) is 9.94 Å². The van der Waals surface area contributed by atoms with Crippen molar-refractivity contribution in [2.45, 2.75) is 52.7 Å². The Hall–Kier alpha value is -2.54. The van der Waals surface area contributed by atoms with E-state index < -0.39 is 0 Å². The molecule has 2 aliphatic heterocycles. The molecule has 2 aromatic heterocycles. The minimum Gasteiger partial charge on any atom is -0.488 e. The van der Waals surface area contributed by atoms with E-state index in [9.17, 15) is 4.79 Å². The first-order chi connectivity index (χ1) is 13.2. The van der Waals surface area contributed by atoms with Crippen molar-refractivity contribution in [3.8, 4) is 5.75 Å². The van der Waals surface area contributed by atoms with Gasteiger partial charge in [-0.15, -0.1) is 0 Å². The van der Waals surface area contributed by atoms with Crippen LogP contribution in [0.2, 0.25) is 0 Å². The molecule has 0 radical (unpaired) electrons. The highest BCUT2D eigenvalue weighted by Crippen LogP contribution is 2.31. The number of amides is 1. The number of fused-ring (bicyclic) bond motifs is 1. The number of nitrogens with one attached hydrogen (secondary N) is 2. The van der Waals surface area contributed by atoms with E-state index in [1.54, 1.807) is 0 Å². The summed E-state index contributed by atoms with van der Waals surface area (Å²) in [6, 6.07) is 4.13. The summed E-state index contributed by atoms with van der Waals surface area (Å²) in [7, 11) is 0. The predicted octanol–water partition coefficient (Wildman–Crippen LogP) is 2.51. The molecule has 0 unspecified atom stereocenters. The second kappa shape index (κ2) is 6.81. The summed E-state index contributed by atoms with van der Waals surface area (Å²) in [4.78, 5) is 11.6. The topological polar surface area (TPSA) is 70.9 Å². The van der Waals surface area contributed by atoms with Crippen molar-refractivity contribution in [1.82, 2.24) is 25.4 Å². The van der Waals surface area contributed by atoms with Crippen molar-refractivity contribution in [3.05, 3.63) is 35.8 Å². The van der Waals surface area contributed by atoms with E-state index in [1.165, 1.54) is 5.57 Å². The number of carbonyl (C=O) groups is 1. The fourth-order valence-electron chi connectivity index (χ4n) is 3.73. The van der Waals surface area contributed by atoms with Crippen LogP contribution < -0.4 is 15.5 Å². The number of carbonyl (C=O) groups excluding carboxylic acids is 1. The van der Waals surface area contributed by atoms with Crippen molar-refractivity contribution in [3.63, 3.8) is 0 Å². The Morgan fingerprint density at radius 3 is 2.75 bits per heavy atom. The zero-order valence-corrected chi connectivity index (χ0v) is 17.2. The summed E-state index contributed by atoms with van der Waals surface area (Å²) in [6.07, 6.45) is 4.67. The second-order valence-electron chi connectivity index (χ2n) is 8.83. The maximum atomic E-state index is 11.6. The van der Waals surface area contributed by atoms with Gasteiger partial charge in [-0.05, 0) is 52.3 Å². The van der Waals surface area contributed by atoms with E-state index in [2.05, 4.69) is 60.1 Å². The Balaban J connectivity index is 1.67. The zero-order valence-electron chi connectivity index (χ0n) is 17.2. The zero-order chi connectivity index (χ0) is 20.1. The van der Waals surface area contributed by atoms with Gasteiger partial charge >= 0.3 is 0 Å². The molecule has 0 saturated carbocycles. The van der Waals surface area contributed by atoms with Gasteiger partial charge in [0.2, 0.25) is 5.91 Å². The normalized spacial score (nSPS) is 21.2. The third-order valence-corrected chi connectivity index (χ3v) is 5.46. The average molecular weight is 383 g/mol. The van der Waals surface area contributed by atoms with Crippen molar-refractivity contribution >= 4 is 17.0 Å². The van der Waals surface area contributed by atoms with Crippen LogP contribution in [0, 0.1) is 12.8 Å². The monoisotopic (exact) mass is 383 g/mol. The van der Waals surface area contributed by atoms with Crippen molar-refractivity contribution in [2.75, 3.05) is 13.1 Å². The number of hydrogen-bond donors (Lipinski definition) is 2. The number of hydrazine groups is 1. The summed E-state index contributed by atoms with van der Waals surface area (Å²) in [5, 5.41) is 9.63. The van der Waals surface area contributed by atoms with Gasteiger partial charge < -0.3 is 15.1 Å². The Bertz CT molecular complexity index is 940. The fraction of sp³-hybridized carbons (Fsp3) is 0.524. The number of nitrogens with zero attached hydrogens (tertiary/aromatic N) is 3. The molecule has 0 aliphatic carbocycles. The van der Waals surface area contributed by atoms with Crippen LogP contribution in [0.15, 0.2) is 24.5 Å². The van der Waals surface area contributed by atoms with E-state index in [-0.39, 0.29) is 23.5 Å². The number of pyridine rings is 1. The molecule has 1 amide bonds. The van der Waals surface area contributed by atoms with Gasteiger partial charge in [-0.3, -0.25) is 4.79 Å². The molecule has 0 spiro atoms. The molecule has 7 heteroatoms. The third kappa shape index (κ3) is 3.58. The van der Waals surface area contributed by atoms with E-state index >= 15 is 0 Å². The smallest absolute Gasteiger partial charge is 0.220 e. The molecule has 0 aromatic carbocycles. The molecule has 2 N–H and O–H groups in total. The summed E-state index contributed by atoms with van der Waals surface area (Å²) < 4.78 is 8.25. The Morgan fingerprint density at radius 1 is 1.32 bits per heavy atom. The summed E-state index contributed by atoms with van der Waals surface area (Å²) in [5.74, 6) is 1.09. The van der Waals surface area contributed by atoms with Gasteiger partial charge in [-0.2, -0.15) is 5.10 Å². The number of ether oxygens (including phenoxy) is 1. The van der Waals surface area contributed by atoms with Crippen LogP contribution in [-0.4, -0.2) is 45.3 Å². The van der Waals surface area contributed by atoms with Gasteiger partial charge in [0.05, 0.1) is 5.69 Å². The highest BCUT2D eigenvalue weighted by molar-refractivity contribution is 5.78. The number of hydrogen-bond acceptors (Lipinski definition) is 5. The number of aryl methyl sites for hydroxylation is 1. The molecule has 150 valence electrons. The molecule has 28 heavy (non-hydrogen) atoms. The lowest BCUT2D eigenvalue weighted by atomic mass is 10.0. The first-order valence-electron chi connectivity index (χ1n) is 9.88. The first kappa shape index (κ1) is 18.8. The molecule has 2 aromatic rings. The van der Waals surface area contributed by atoms with Crippen LogP contribution in [-0.2, 0) is 4.79 Å². The largest absolute Gasteiger partial charge is 0.488 e. The van der Waals surface area contributed by atoms with Crippen molar-refractivity contribution in [2.24, 2.45) is 5.92 Å². The molecule has 1 fully saturated rings. The molecular formula is C21H29N5O2. The summed E-state index contributed by atoms with van der Waals surface area (Å²) in [6.45, 7) is 12.0. The second-order valence-corrected chi connectivity index (χ2v) is 8.83. The van der Waals surface area contributed by atoms with Gasteiger partial charge in [0.15, 0.2) is 0 Å². The summed E-state index contributed by atoms with van der Waals surface area (Å²) >= 11 is 0. The van der Waals surface area contributed by atoms with Crippen LogP contribution in [0.5, 0.6) is 5.75 Å². The van der Waals surface area contributed by atoms with Gasteiger partial charge in [0.1, 0.15) is 17.4 Å².